The molecule has 1 aliphatic heterocycles. The number of hydrogen-bond donors (Lipinski definition) is 1. The lowest BCUT2D eigenvalue weighted by molar-refractivity contribution is -0.385. The molecule has 1 atom stereocenters. The molecule has 1 aromatic heterocycles. The summed E-state index contributed by atoms with van der Waals surface area (Å²) in [4.78, 5) is 27.1. The van der Waals surface area contributed by atoms with E-state index in [1.54, 1.807) is 30.4 Å². The van der Waals surface area contributed by atoms with Crippen LogP contribution in [0.5, 0.6) is 0 Å². The highest BCUT2D eigenvalue weighted by molar-refractivity contribution is 7.10. The molecule has 1 N–H and O–H groups in total. The van der Waals surface area contributed by atoms with Gasteiger partial charge in [-0.15, -0.1) is 11.3 Å². The minimum atomic E-state index is -0.431. The molecule has 0 saturated heterocycles. The number of nitrogens with one attached hydrogen (secondary N) is 1. The Bertz CT molecular complexity index is 1050. The van der Waals surface area contributed by atoms with Crippen molar-refractivity contribution in [2.24, 2.45) is 0 Å². The number of amides is 1. The van der Waals surface area contributed by atoms with Crippen molar-refractivity contribution in [3.63, 3.8) is 0 Å². The summed E-state index contributed by atoms with van der Waals surface area (Å²) in [6.07, 6.45) is 0.916. The van der Waals surface area contributed by atoms with Crippen LogP contribution in [0.3, 0.4) is 0 Å². The Hall–Kier alpha value is -3.03. The first kappa shape index (κ1) is 19.3. The van der Waals surface area contributed by atoms with E-state index >= 15 is 0 Å². The molecule has 7 heteroatoms. The summed E-state index contributed by atoms with van der Waals surface area (Å²) in [6, 6.07) is 17.1. The van der Waals surface area contributed by atoms with Crippen LogP contribution in [0.15, 0.2) is 60.0 Å². The van der Waals surface area contributed by atoms with Crippen molar-refractivity contribution in [1.82, 2.24) is 4.90 Å². The van der Waals surface area contributed by atoms with E-state index in [-0.39, 0.29) is 24.2 Å². The first-order valence-corrected chi connectivity index (χ1v) is 10.3. The maximum absolute atomic E-state index is 12.8. The van der Waals surface area contributed by atoms with E-state index in [9.17, 15) is 14.9 Å². The van der Waals surface area contributed by atoms with Gasteiger partial charge < -0.3 is 5.32 Å². The Kier molecular flexibility index (Phi) is 5.42. The van der Waals surface area contributed by atoms with Gasteiger partial charge in [-0.2, -0.15) is 0 Å². The van der Waals surface area contributed by atoms with E-state index in [1.807, 2.05) is 18.2 Å². The second kappa shape index (κ2) is 8.14. The minimum Gasteiger partial charge on any atom is -0.324 e. The summed E-state index contributed by atoms with van der Waals surface area (Å²) in [5.41, 5.74) is 3.36. The van der Waals surface area contributed by atoms with Gasteiger partial charge in [0.05, 0.1) is 28.8 Å². The predicted molar refractivity (Wildman–Crippen MR) is 114 cm³/mol. The van der Waals surface area contributed by atoms with Crippen LogP contribution in [0.25, 0.3) is 0 Å². The molecular formula is C22H21N3O3S. The average Bonchev–Trinajstić information content (AvgIpc) is 3.18. The maximum atomic E-state index is 12.8. The summed E-state index contributed by atoms with van der Waals surface area (Å²) in [6.45, 7) is 2.66. The number of anilines is 1. The Labute approximate surface area is 172 Å². The molecule has 2 aromatic carbocycles. The van der Waals surface area contributed by atoms with Gasteiger partial charge in [0.25, 0.3) is 5.69 Å². The van der Waals surface area contributed by atoms with Crippen molar-refractivity contribution < 1.29 is 9.72 Å². The molecule has 2 heterocycles. The highest BCUT2D eigenvalue weighted by atomic mass is 32.1. The topological polar surface area (TPSA) is 75.5 Å². The summed E-state index contributed by atoms with van der Waals surface area (Å²) in [7, 11) is 0. The molecule has 1 amide bonds. The Morgan fingerprint density at radius 3 is 2.76 bits per heavy atom. The van der Waals surface area contributed by atoms with Crippen LogP contribution in [0, 0.1) is 17.0 Å². The first-order chi connectivity index (χ1) is 14.0. The molecule has 0 aliphatic carbocycles. The van der Waals surface area contributed by atoms with Gasteiger partial charge in [0.15, 0.2) is 0 Å². The Morgan fingerprint density at radius 1 is 1.21 bits per heavy atom. The third-order valence-electron chi connectivity index (χ3n) is 5.30. The van der Waals surface area contributed by atoms with Gasteiger partial charge in [0, 0.05) is 17.5 Å². The summed E-state index contributed by atoms with van der Waals surface area (Å²) in [5.74, 6) is -0.173. The van der Waals surface area contributed by atoms with E-state index in [0.29, 0.717) is 11.3 Å². The molecule has 6 nitrogen and oxygen atoms in total. The lowest BCUT2D eigenvalue weighted by atomic mass is 9.93. The van der Waals surface area contributed by atoms with Gasteiger partial charge in [-0.25, -0.2) is 0 Å². The van der Waals surface area contributed by atoms with E-state index in [0.717, 1.165) is 18.5 Å². The highest BCUT2D eigenvalue weighted by Gasteiger charge is 2.30. The largest absolute Gasteiger partial charge is 0.324 e. The van der Waals surface area contributed by atoms with Crippen molar-refractivity contribution in [3.8, 4) is 0 Å². The number of hydrogen-bond acceptors (Lipinski definition) is 5. The van der Waals surface area contributed by atoms with E-state index < -0.39 is 4.92 Å². The fraction of sp³-hybridized carbons (Fsp3) is 0.227. The fourth-order valence-corrected chi connectivity index (χ4v) is 4.80. The Balaban J connectivity index is 1.56. The normalized spacial score (nSPS) is 16.2. The molecule has 3 aromatic rings. The van der Waals surface area contributed by atoms with Crippen LogP contribution in [0.2, 0.25) is 0 Å². The molecule has 0 radical (unpaired) electrons. The van der Waals surface area contributed by atoms with Gasteiger partial charge in [0.2, 0.25) is 5.91 Å². The van der Waals surface area contributed by atoms with Crippen molar-refractivity contribution >= 4 is 28.6 Å². The molecule has 0 spiro atoms. The molecule has 0 fully saturated rings. The van der Waals surface area contributed by atoms with Crippen LogP contribution in [0.4, 0.5) is 11.4 Å². The lowest BCUT2D eigenvalue weighted by Gasteiger charge is -2.35. The summed E-state index contributed by atoms with van der Waals surface area (Å²) in [5, 5.41) is 16.1. The number of carbonyl (C=O) groups excluding carboxylic acids is 1. The molecule has 0 saturated carbocycles. The van der Waals surface area contributed by atoms with Crippen molar-refractivity contribution in [2.75, 3.05) is 18.4 Å². The van der Waals surface area contributed by atoms with Crippen molar-refractivity contribution in [2.45, 2.75) is 19.4 Å². The minimum absolute atomic E-state index is 0.00542. The molecule has 0 unspecified atom stereocenters. The zero-order valence-corrected chi connectivity index (χ0v) is 16.8. The zero-order valence-electron chi connectivity index (χ0n) is 16.0. The number of benzene rings is 2. The molecule has 148 valence electrons. The van der Waals surface area contributed by atoms with Crippen LogP contribution in [0.1, 0.15) is 27.6 Å². The third-order valence-corrected chi connectivity index (χ3v) is 6.30. The molecular weight excluding hydrogens is 386 g/mol. The number of fused-ring (bicyclic) bond motifs is 1. The van der Waals surface area contributed by atoms with Gasteiger partial charge in [0.1, 0.15) is 0 Å². The van der Waals surface area contributed by atoms with Gasteiger partial charge in [-0.3, -0.25) is 19.8 Å². The fourth-order valence-electron chi connectivity index (χ4n) is 3.90. The van der Waals surface area contributed by atoms with Crippen molar-refractivity contribution in [1.29, 1.82) is 0 Å². The molecule has 1 aliphatic rings. The van der Waals surface area contributed by atoms with Crippen LogP contribution in [-0.2, 0) is 11.2 Å². The van der Waals surface area contributed by atoms with Crippen LogP contribution in [-0.4, -0.2) is 28.8 Å². The van der Waals surface area contributed by atoms with Crippen LogP contribution >= 0.6 is 11.3 Å². The van der Waals surface area contributed by atoms with Crippen LogP contribution < -0.4 is 5.32 Å². The maximum Gasteiger partial charge on any atom is 0.274 e. The number of thiophene rings is 1. The second-order valence-corrected chi connectivity index (χ2v) is 8.09. The number of rotatable bonds is 5. The van der Waals surface area contributed by atoms with Gasteiger partial charge in [-0.1, -0.05) is 36.4 Å². The second-order valence-electron chi connectivity index (χ2n) is 7.09. The van der Waals surface area contributed by atoms with Gasteiger partial charge >= 0.3 is 0 Å². The van der Waals surface area contributed by atoms with E-state index in [4.69, 9.17) is 0 Å². The third kappa shape index (κ3) is 3.92. The Morgan fingerprint density at radius 2 is 2.00 bits per heavy atom. The quantitative estimate of drug-likeness (QED) is 0.497. The molecule has 0 bridgehead atoms. The first-order valence-electron chi connectivity index (χ1n) is 9.43. The number of carbonyl (C=O) groups is 1. The predicted octanol–water partition coefficient (Wildman–Crippen LogP) is 4.55. The summed E-state index contributed by atoms with van der Waals surface area (Å²) >= 11 is 1.76. The van der Waals surface area contributed by atoms with E-state index in [2.05, 4.69) is 33.8 Å². The molecule has 4 rings (SSSR count). The zero-order chi connectivity index (χ0) is 20.4. The van der Waals surface area contributed by atoms with Crippen molar-refractivity contribution in [3.05, 3.63) is 91.7 Å². The van der Waals surface area contributed by atoms with Gasteiger partial charge in [-0.05, 0) is 42.0 Å². The number of nitro groups is 1. The standard InChI is InChI=1S/C22H21N3O3S/c1-15-18(8-5-9-19(15)25(27)28)23-21(26)14-24-12-10-20-17(11-13-29-20)22(24)16-6-3-2-4-7-16/h2-9,11,13,22H,10,12,14H2,1H3,(H,23,26)/t22-/m1/s1. The lowest BCUT2D eigenvalue weighted by Crippen LogP contribution is -2.40. The SMILES string of the molecule is Cc1c(NC(=O)CN2CCc3sccc3[C@H]2c2ccccc2)cccc1[N+](=O)[O-]. The average molecular weight is 407 g/mol. The number of nitro benzene ring substituents is 1. The summed E-state index contributed by atoms with van der Waals surface area (Å²) < 4.78 is 0. The van der Waals surface area contributed by atoms with E-state index in [1.165, 1.54) is 16.5 Å². The monoisotopic (exact) mass is 407 g/mol. The number of nitrogens with zero attached hydrogens (tertiary/aromatic N) is 2. The smallest absolute Gasteiger partial charge is 0.274 e. The highest BCUT2D eigenvalue weighted by Crippen LogP contribution is 2.37. The molecule has 29 heavy (non-hydrogen) atoms.